The topological polar surface area (TPSA) is 80.3 Å². The minimum Gasteiger partial charge on any atom is -0.378 e. The Morgan fingerprint density at radius 2 is 1.06 bits per heavy atom. The van der Waals surface area contributed by atoms with Gasteiger partial charge in [-0.15, -0.1) is 0 Å². The van der Waals surface area contributed by atoms with Gasteiger partial charge in [0.1, 0.15) is 17.3 Å². The highest BCUT2D eigenvalue weighted by Gasteiger charge is 2.16. The zero-order valence-electron chi connectivity index (χ0n) is 21.0. The maximum absolute atomic E-state index is 11.2. The van der Waals surface area contributed by atoms with Crippen LogP contribution in [0.4, 0.5) is 0 Å². The third-order valence-corrected chi connectivity index (χ3v) is 6.26. The van der Waals surface area contributed by atoms with Gasteiger partial charge in [0.15, 0.2) is 6.10 Å². The number of carbonyl (C=O) groups is 2. The summed E-state index contributed by atoms with van der Waals surface area (Å²) in [6, 6.07) is 0. The average Bonchev–Trinajstić information content (AvgIpc) is 2.85. The van der Waals surface area contributed by atoms with Crippen LogP contribution < -0.4 is 0 Å². The van der Waals surface area contributed by atoms with Crippen LogP contribution in [0.3, 0.4) is 0 Å². The SMILES string of the molecule is CCCCCCCCCCCCCCCCCCOCC(COOC(=O)CBr)OOC(=O)CBr. The van der Waals surface area contributed by atoms with E-state index in [1.54, 1.807) is 0 Å². The lowest BCUT2D eigenvalue weighted by Gasteiger charge is -2.15. The summed E-state index contributed by atoms with van der Waals surface area (Å²) in [6.45, 7) is 2.92. The van der Waals surface area contributed by atoms with Crippen LogP contribution in [-0.4, -0.2) is 48.5 Å². The average molecular weight is 618 g/mol. The van der Waals surface area contributed by atoms with Crippen molar-refractivity contribution in [2.75, 3.05) is 30.5 Å². The Labute approximate surface area is 223 Å². The summed E-state index contributed by atoms with van der Waals surface area (Å²) in [5.74, 6) is -1.13. The van der Waals surface area contributed by atoms with E-state index in [2.05, 4.69) is 48.6 Å². The normalized spacial score (nSPS) is 12.0. The van der Waals surface area contributed by atoms with E-state index < -0.39 is 18.0 Å². The first-order chi connectivity index (χ1) is 16.6. The summed E-state index contributed by atoms with van der Waals surface area (Å²) in [5.41, 5.74) is 0. The maximum Gasteiger partial charge on any atom is 0.352 e. The summed E-state index contributed by atoms with van der Waals surface area (Å²) >= 11 is 5.95. The maximum atomic E-state index is 11.2. The van der Waals surface area contributed by atoms with Gasteiger partial charge in [-0.2, -0.15) is 9.78 Å². The summed E-state index contributed by atoms with van der Waals surface area (Å²) in [7, 11) is 0. The number of unbranched alkanes of at least 4 members (excludes halogenated alkanes) is 15. The molecule has 0 rings (SSSR count). The van der Waals surface area contributed by atoms with Gasteiger partial charge in [-0.05, 0) is 6.42 Å². The Hall–Kier alpha value is -0.220. The smallest absolute Gasteiger partial charge is 0.352 e. The summed E-state index contributed by atoms with van der Waals surface area (Å²) in [4.78, 5) is 41.3. The molecule has 0 heterocycles. The van der Waals surface area contributed by atoms with Crippen molar-refractivity contribution in [2.24, 2.45) is 0 Å². The molecule has 0 radical (unpaired) electrons. The number of alkyl halides is 2. The minimum atomic E-state index is -0.688. The van der Waals surface area contributed by atoms with Gasteiger partial charge < -0.3 is 4.74 Å². The molecular weight excluding hydrogens is 572 g/mol. The second-order valence-electron chi connectivity index (χ2n) is 8.56. The number of carbonyl (C=O) groups excluding carboxylic acids is 2. The molecule has 0 aliphatic carbocycles. The van der Waals surface area contributed by atoms with Crippen molar-refractivity contribution in [3.05, 3.63) is 0 Å². The molecule has 1 atom stereocenters. The van der Waals surface area contributed by atoms with Gasteiger partial charge in [0, 0.05) is 6.61 Å². The lowest BCUT2D eigenvalue weighted by atomic mass is 10.0. The molecule has 0 aromatic rings. The van der Waals surface area contributed by atoms with E-state index in [9.17, 15) is 9.59 Å². The molecule has 0 fully saturated rings. The molecule has 0 amide bonds. The van der Waals surface area contributed by atoms with Gasteiger partial charge in [0.2, 0.25) is 0 Å². The van der Waals surface area contributed by atoms with E-state index in [-0.39, 0.29) is 23.9 Å². The molecule has 34 heavy (non-hydrogen) atoms. The second kappa shape index (κ2) is 27.4. The van der Waals surface area contributed by atoms with Crippen molar-refractivity contribution in [1.29, 1.82) is 0 Å². The first kappa shape index (κ1) is 33.8. The van der Waals surface area contributed by atoms with E-state index >= 15 is 0 Å². The quantitative estimate of drug-likeness (QED) is 0.0434. The van der Waals surface area contributed by atoms with Crippen molar-refractivity contribution >= 4 is 43.8 Å². The van der Waals surface area contributed by atoms with E-state index in [0.29, 0.717) is 6.61 Å². The molecule has 7 nitrogen and oxygen atoms in total. The number of halogens is 2. The van der Waals surface area contributed by atoms with E-state index in [4.69, 9.17) is 14.5 Å². The number of ether oxygens (including phenoxy) is 1. The number of hydrogen-bond donors (Lipinski definition) is 0. The minimum absolute atomic E-state index is 0.0131. The van der Waals surface area contributed by atoms with E-state index in [1.165, 1.54) is 89.9 Å². The monoisotopic (exact) mass is 616 g/mol. The number of rotatable bonds is 26. The van der Waals surface area contributed by atoms with Gasteiger partial charge in [0.05, 0.1) is 6.61 Å². The Kier molecular flexibility index (Phi) is 27.2. The Morgan fingerprint density at radius 1 is 0.618 bits per heavy atom. The van der Waals surface area contributed by atoms with E-state index in [1.807, 2.05) is 0 Å². The van der Waals surface area contributed by atoms with Crippen molar-refractivity contribution in [1.82, 2.24) is 0 Å². The van der Waals surface area contributed by atoms with Crippen LogP contribution in [0.15, 0.2) is 0 Å². The van der Waals surface area contributed by atoms with E-state index in [0.717, 1.165) is 12.8 Å². The van der Waals surface area contributed by atoms with Crippen LogP contribution in [0.2, 0.25) is 0 Å². The fourth-order valence-electron chi connectivity index (χ4n) is 3.41. The third kappa shape index (κ3) is 24.9. The highest BCUT2D eigenvalue weighted by molar-refractivity contribution is 9.09. The molecule has 0 saturated heterocycles. The predicted octanol–water partition coefficient (Wildman–Crippen LogP) is 7.37. The molecule has 0 spiro atoms. The summed E-state index contributed by atoms with van der Waals surface area (Å²) in [6.07, 6.45) is 20.5. The first-order valence-electron chi connectivity index (χ1n) is 13.0. The van der Waals surface area contributed by atoms with Gasteiger partial charge in [-0.25, -0.2) is 9.59 Å². The molecule has 0 bridgehead atoms. The molecule has 0 aliphatic heterocycles. The van der Waals surface area contributed by atoms with Gasteiger partial charge in [-0.3, -0.25) is 9.78 Å². The number of hydrogen-bond acceptors (Lipinski definition) is 7. The van der Waals surface area contributed by atoms with Gasteiger partial charge in [-0.1, -0.05) is 135 Å². The molecule has 9 heteroatoms. The first-order valence-corrected chi connectivity index (χ1v) is 15.3. The van der Waals surface area contributed by atoms with Crippen LogP contribution in [-0.2, 0) is 33.9 Å². The zero-order chi connectivity index (χ0) is 25.1. The second-order valence-corrected chi connectivity index (χ2v) is 9.68. The van der Waals surface area contributed by atoms with Crippen LogP contribution in [0.5, 0.6) is 0 Å². The zero-order valence-corrected chi connectivity index (χ0v) is 24.2. The molecule has 0 N–H and O–H groups in total. The van der Waals surface area contributed by atoms with Crippen molar-refractivity contribution in [3.63, 3.8) is 0 Å². The van der Waals surface area contributed by atoms with Gasteiger partial charge >= 0.3 is 11.9 Å². The molecule has 0 aromatic heterocycles. The Morgan fingerprint density at radius 3 is 1.53 bits per heavy atom. The lowest BCUT2D eigenvalue weighted by molar-refractivity contribution is -0.339. The summed E-state index contributed by atoms with van der Waals surface area (Å²) < 4.78 is 5.61. The van der Waals surface area contributed by atoms with Crippen LogP contribution in [0.1, 0.15) is 110 Å². The van der Waals surface area contributed by atoms with Crippen molar-refractivity contribution in [2.45, 2.75) is 116 Å². The third-order valence-electron chi connectivity index (χ3n) is 5.35. The molecular formula is C25H46Br2O7. The molecule has 0 aromatic carbocycles. The standard InChI is InChI=1S/C25H46Br2O7/c1-2-3-4-5-6-7-8-9-10-11-12-13-14-15-16-17-18-30-21-23(32-34-25(29)20-27)22-31-33-24(28)19-26/h23H,2-22H2,1H3. The van der Waals surface area contributed by atoms with Crippen molar-refractivity contribution in [3.8, 4) is 0 Å². The van der Waals surface area contributed by atoms with Crippen molar-refractivity contribution < 1.29 is 33.9 Å². The largest absolute Gasteiger partial charge is 0.378 e. The lowest BCUT2D eigenvalue weighted by Crippen LogP contribution is -2.28. The molecule has 0 saturated carbocycles. The molecule has 1 unspecified atom stereocenters. The Balaban J connectivity index is 3.54. The molecule has 202 valence electrons. The fraction of sp³-hybridized carbons (Fsp3) is 0.920. The molecule has 0 aliphatic rings. The fourth-order valence-corrected chi connectivity index (χ4v) is 3.60. The summed E-state index contributed by atoms with van der Waals surface area (Å²) in [5, 5.41) is 0.0338. The highest BCUT2D eigenvalue weighted by Crippen LogP contribution is 2.13. The van der Waals surface area contributed by atoms with Crippen LogP contribution in [0.25, 0.3) is 0 Å². The van der Waals surface area contributed by atoms with Crippen LogP contribution >= 0.6 is 31.9 Å². The van der Waals surface area contributed by atoms with Crippen LogP contribution in [0, 0.1) is 0 Å². The van der Waals surface area contributed by atoms with Gasteiger partial charge in [0.25, 0.3) is 0 Å². The predicted molar refractivity (Wildman–Crippen MR) is 141 cm³/mol. The highest BCUT2D eigenvalue weighted by atomic mass is 79.9. The Bertz CT molecular complexity index is 467.